The van der Waals surface area contributed by atoms with Gasteiger partial charge in [-0.05, 0) is 18.9 Å². The highest BCUT2D eigenvalue weighted by Crippen LogP contribution is 2.28. The molecule has 0 aromatic carbocycles. The number of anilines is 1. The van der Waals surface area contributed by atoms with E-state index < -0.39 is 5.97 Å². The molecule has 0 radical (unpaired) electrons. The number of hydrogen-bond acceptors (Lipinski definition) is 4. The molecule has 1 aromatic heterocycles. The summed E-state index contributed by atoms with van der Waals surface area (Å²) >= 11 is 6.19. The first kappa shape index (κ1) is 14.6. The number of carboxylic acid groups (broad SMARTS) is 1. The van der Waals surface area contributed by atoms with Gasteiger partial charge in [0.15, 0.2) is 0 Å². The molecule has 0 amide bonds. The van der Waals surface area contributed by atoms with Crippen molar-refractivity contribution < 1.29 is 9.90 Å². The third-order valence-electron chi connectivity index (χ3n) is 4.52. The number of nitrogens with zero attached hydrogens (tertiary/aromatic N) is 3. The zero-order valence-electron chi connectivity index (χ0n) is 12.0. The molecule has 2 fully saturated rings. The van der Waals surface area contributed by atoms with Crippen LogP contribution in [0.2, 0.25) is 5.02 Å². The van der Waals surface area contributed by atoms with E-state index in [0.717, 1.165) is 32.2 Å². The smallest absolute Gasteiger partial charge is 0.337 e. The third-order valence-corrected chi connectivity index (χ3v) is 4.80. The van der Waals surface area contributed by atoms with Crippen LogP contribution in [0, 0.1) is 0 Å². The van der Waals surface area contributed by atoms with Crippen LogP contribution in [-0.4, -0.2) is 53.2 Å². The van der Waals surface area contributed by atoms with Crippen molar-refractivity contribution in [3.8, 4) is 0 Å². The number of aromatic carboxylic acids is 1. The van der Waals surface area contributed by atoms with E-state index in [2.05, 4.69) is 14.8 Å². The van der Waals surface area contributed by atoms with Crippen molar-refractivity contribution in [3.05, 3.63) is 22.8 Å². The lowest BCUT2D eigenvalue weighted by molar-refractivity contribution is 0.0696. The molecular weight excluding hydrogens is 290 g/mol. The van der Waals surface area contributed by atoms with E-state index in [4.69, 9.17) is 16.7 Å². The normalized spacial score (nSPS) is 20.9. The quantitative estimate of drug-likeness (QED) is 0.929. The van der Waals surface area contributed by atoms with Crippen LogP contribution >= 0.6 is 11.6 Å². The second-order valence-electron chi connectivity index (χ2n) is 5.80. The van der Waals surface area contributed by atoms with Gasteiger partial charge in [-0.2, -0.15) is 0 Å². The van der Waals surface area contributed by atoms with Gasteiger partial charge in [0.05, 0.1) is 10.6 Å². The molecular formula is C15H20ClN3O2. The molecule has 0 bridgehead atoms. The van der Waals surface area contributed by atoms with Crippen molar-refractivity contribution in [1.82, 2.24) is 9.88 Å². The number of pyridine rings is 1. The minimum Gasteiger partial charge on any atom is -0.478 e. The highest BCUT2D eigenvalue weighted by atomic mass is 35.5. The highest BCUT2D eigenvalue weighted by Gasteiger charge is 2.27. The zero-order valence-corrected chi connectivity index (χ0v) is 12.7. The Morgan fingerprint density at radius 1 is 1.24 bits per heavy atom. The Balaban J connectivity index is 1.65. The van der Waals surface area contributed by atoms with E-state index in [1.807, 2.05) is 0 Å². The van der Waals surface area contributed by atoms with Crippen LogP contribution in [0.25, 0.3) is 0 Å². The van der Waals surface area contributed by atoms with Crippen molar-refractivity contribution in [2.24, 2.45) is 0 Å². The van der Waals surface area contributed by atoms with Crippen molar-refractivity contribution in [2.45, 2.75) is 31.7 Å². The summed E-state index contributed by atoms with van der Waals surface area (Å²) < 4.78 is 0. The minimum absolute atomic E-state index is 0.133. The monoisotopic (exact) mass is 309 g/mol. The van der Waals surface area contributed by atoms with E-state index in [0.29, 0.717) is 10.8 Å². The Kier molecular flexibility index (Phi) is 4.31. The van der Waals surface area contributed by atoms with Crippen LogP contribution in [0.4, 0.5) is 5.82 Å². The number of hydrogen-bond donors (Lipinski definition) is 1. The maximum absolute atomic E-state index is 10.9. The minimum atomic E-state index is -0.998. The summed E-state index contributed by atoms with van der Waals surface area (Å²) in [6.45, 7) is 3.86. The molecule has 2 heterocycles. The Morgan fingerprint density at radius 2 is 1.90 bits per heavy atom. The first-order valence-corrected chi connectivity index (χ1v) is 7.91. The van der Waals surface area contributed by atoms with E-state index in [1.54, 1.807) is 0 Å². The average Bonchev–Trinajstić information content (AvgIpc) is 3.01. The summed E-state index contributed by atoms with van der Waals surface area (Å²) in [5.41, 5.74) is 0.133. The number of carbonyl (C=O) groups is 1. The Bertz CT molecular complexity index is 524. The molecule has 0 atom stereocenters. The lowest BCUT2D eigenvalue weighted by Gasteiger charge is -2.38. The summed E-state index contributed by atoms with van der Waals surface area (Å²) in [6, 6.07) is 2.24. The summed E-state index contributed by atoms with van der Waals surface area (Å²) in [6.07, 6.45) is 6.75. The molecule has 1 aromatic rings. The van der Waals surface area contributed by atoms with E-state index >= 15 is 0 Å². The zero-order chi connectivity index (χ0) is 14.8. The SMILES string of the molecule is O=C(O)c1cnc(N2CCN(C3CCCC3)CC2)c(Cl)c1. The Morgan fingerprint density at radius 3 is 2.48 bits per heavy atom. The maximum atomic E-state index is 10.9. The molecule has 0 spiro atoms. The first-order valence-electron chi connectivity index (χ1n) is 7.53. The van der Waals surface area contributed by atoms with Crippen molar-refractivity contribution in [1.29, 1.82) is 0 Å². The second-order valence-corrected chi connectivity index (χ2v) is 6.20. The highest BCUT2D eigenvalue weighted by molar-refractivity contribution is 6.33. The molecule has 114 valence electrons. The molecule has 0 unspecified atom stereocenters. The summed E-state index contributed by atoms with van der Waals surface area (Å²) in [5, 5.41) is 9.37. The summed E-state index contributed by atoms with van der Waals surface area (Å²) in [5.74, 6) is -0.297. The molecule has 1 saturated heterocycles. The maximum Gasteiger partial charge on any atom is 0.337 e. The van der Waals surface area contributed by atoms with Gasteiger partial charge in [0.2, 0.25) is 0 Å². The number of halogens is 1. The van der Waals surface area contributed by atoms with Crippen LogP contribution in [0.15, 0.2) is 12.3 Å². The summed E-state index contributed by atoms with van der Waals surface area (Å²) in [7, 11) is 0. The number of carboxylic acids is 1. The van der Waals surface area contributed by atoms with Gasteiger partial charge in [0, 0.05) is 38.4 Å². The Hall–Kier alpha value is -1.33. The number of aromatic nitrogens is 1. The van der Waals surface area contributed by atoms with Crippen molar-refractivity contribution in [3.63, 3.8) is 0 Å². The first-order chi connectivity index (χ1) is 10.1. The van der Waals surface area contributed by atoms with E-state index in [1.165, 1.54) is 37.9 Å². The van der Waals surface area contributed by atoms with Gasteiger partial charge in [-0.25, -0.2) is 9.78 Å². The molecule has 6 heteroatoms. The van der Waals surface area contributed by atoms with E-state index in [-0.39, 0.29) is 5.56 Å². The lowest BCUT2D eigenvalue weighted by atomic mass is 10.2. The third kappa shape index (κ3) is 3.14. The molecule has 1 aliphatic heterocycles. The van der Waals surface area contributed by atoms with Crippen LogP contribution in [0.5, 0.6) is 0 Å². The molecule has 3 rings (SSSR count). The lowest BCUT2D eigenvalue weighted by Crippen LogP contribution is -2.50. The van der Waals surface area contributed by atoms with Crippen LogP contribution < -0.4 is 4.90 Å². The van der Waals surface area contributed by atoms with Crippen LogP contribution in [-0.2, 0) is 0 Å². The van der Waals surface area contributed by atoms with Gasteiger partial charge in [0.1, 0.15) is 5.82 Å². The van der Waals surface area contributed by atoms with Gasteiger partial charge in [0.25, 0.3) is 0 Å². The van der Waals surface area contributed by atoms with E-state index in [9.17, 15) is 4.79 Å². The van der Waals surface area contributed by atoms with Gasteiger partial charge in [-0.3, -0.25) is 4.90 Å². The summed E-state index contributed by atoms with van der Waals surface area (Å²) in [4.78, 5) is 19.9. The molecule has 1 N–H and O–H groups in total. The average molecular weight is 310 g/mol. The molecule has 2 aliphatic rings. The Labute approximate surface area is 129 Å². The molecule has 21 heavy (non-hydrogen) atoms. The van der Waals surface area contributed by atoms with Gasteiger partial charge in [-0.1, -0.05) is 24.4 Å². The number of piperazine rings is 1. The van der Waals surface area contributed by atoms with Crippen LogP contribution in [0.1, 0.15) is 36.0 Å². The van der Waals surface area contributed by atoms with Crippen LogP contribution in [0.3, 0.4) is 0 Å². The van der Waals surface area contributed by atoms with Crippen molar-refractivity contribution >= 4 is 23.4 Å². The van der Waals surface area contributed by atoms with Crippen molar-refractivity contribution in [2.75, 3.05) is 31.1 Å². The molecule has 1 saturated carbocycles. The predicted molar refractivity (Wildman–Crippen MR) is 82.2 cm³/mol. The van der Waals surface area contributed by atoms with Gasteiger partial charge < -0.3 is 10.0 Å². The fourth-order valence-corrected chi connectivity index (χ4v) is 3.63. The van der Waals surface area contributed by atoms with Gasteiger partial charge in [-0.15, -0.1) is 0 Å². The fraction of sp³-hybridized carbons (Fsp3) is 0.600. The predicted octanol–water partition coefficient (Wildman–Crippen LogP) is 2.50. The molecule has 1 aliphatic carbocycles. The van der Waals surface area contributed by atoms with Gasteiger partial charge >= 0.3 is 5.97 Å². The second kappa shape index (κ2) is 6.20. The molecule has 5 nitrogen and oxygen atoms in total. The number of rotatable bonds is 3. The fourth-order valence-electron chi connectivity index (χ4n) is 3.35. The largest absolute Gasteiger partial charge is 0.478 e. The topological polar surface area (TPSA) is 56.7 Å². The standard InChI is InChI=1S/C15H20ClN3O2/c16-13-9-11(15(20)21)10-17-14(13)19-7-5-18(6-8-19)12-3-1-2-4-12/h9-10,12H,1-8H2,(H,20,21).